The lowest BCUT2D eigenvalue weighted by Crippen LogP contribution is -2.18. The molecule has 19 heavy (non-hydrogen) atoms. The lowest BCUT2D eigenvalue weighted by molar-refractivity contribution is 0.288. The smallest absolute Gasteiger partial charge is 0.267 e. The fourth-order valence-corrected chi connectivity index (χ4v) is 2.12. The molecule has 0 aliphatic heterocycles. The average Bonchev–Trinajstić information content (AvgIpc) is 2.41. The zero-order chi connectivity index (χ0) is 13.8. The van der Waals surface area contributed by atoms with Crippen LogP contribution in [0.1, 0.15) is 12.0 Å². The maximum absolute atomic E-state index is 11.6. The van der Waals surface area contributed by atoms with E-state index in [9.17, 15) is 4.79 Å². The molecule has 1 aromatic carbocycles. The van der Waals surface area contributed by atoms with Gasteiger partial charge in [0.1, 0.15) is 0 Å². The van der Waals surface area contributed by atoms with Gasteiger partial charge in [-0.25, -0.2) is 4.68 Å². The second kappa shape index (κ2) is 5.99. The zero-order valence-corrected chi connectivity index (χ0v) is 11.4. The molecule has 1 aromatic heterocycles. The molecule has 4 nitrogen and oxygen atoms in total. The molecule has 0 aliphatic carbocycles. The molecule has 0 fully saturated rings. The first kappa shape index (κ1) is 13.8. The Bertz CT molecular complexity index is 620. The fourth-order valence-electron chi connectivity index (χ4n) is 1.85. The van der Waals surface area contributed by atoms with Crippen LogP contribution >= 0.6 is 11.6 Å². The molecule has 2 rings (SSSR count). The Kier molecular flexibility index (Phi) is 4.35. The number of nitrogens with zero attached hydrogens (tertiary/aromatic N) is 2. The van der Waals surface area contributed by atoms with Crippen LogP contribution < -0.4 is 5.56 Å². The molecule has 0 bridgehead atoms. The van der Waals surface area contributed by atoms with Gasteiger partial charge in [0, 0.05) is 25.3 Å². The van der Waals surface area contributed by atoms with Gasteiger partial charge in [-0.3, -0.25) is 4.79 Å². The van der Waals surface area contributed by atoms with Crippen LogP contribution in [0.5, 0.6) is 0 Å². The van der Waals surface area contributed by atoms with Gasteiger partial charge in [0.05, 0.1) is 0 Å². The third-order valence-electron chi connectivity index (χ3n) is 2.94. The monoisotopic (exact) mass is 278 g/mol. The van der Waals surface area contributed by atoms with E-state index in [-0.39, 0.29) is 12.2 Å². The summed E-state index contributed by atoms with van der Waals surface area (Å²) in [5.74, 6) is 0. The summed E-state index contributed by atoms with van der Waals surface area (Å²) in [7, 11) is 1.57. The minimum atomic E-state index is -0.191. The van der Waals surface area contributed by atoms with Crippen LogP contribution in [0.2, 0.25) is 5.15 Å². The molecule has 0 atom stereocenters. The van der Waals surface area contributed by atoms with Gasteiger partial charge in [-0.15, -0.1) is 0 Å². The molecule has 0 aliphatic rings. The van der Waals surface area contributed by atoms with Gasteiger partial charge in [-0.1, -0.05) is 35.9 Å². The molecule has 0 unspecified atom stereocenters. The second-order valence-electron chi connectivity index (χ2n) is 4.33. The Morgan fingerprint density at radius 3 is 2.63 bits per heavy atom. The van der Waals surface area contributed by atoms with Crippen LogP contribution in [-0.4, -0.2) is 21.5 Å². The van der Waals surface area contributed by atoms with E-state index in [4.69, 9.17) is 16.7 Å². The number of benzene rings is 1. The standard InChI is InChI=1S/C14H15ClN2O2/c1-17-13(19)9-12(14(15)16-17)11-6-4-10(5-7-11)3-2-8-18/h4-7,9,18H,2-3,8H2,1H3. The molecule has 1 N–H and O–H groups in total. The summed E-state index contributed by atoms with van der Waals surface area (Å²) in [5, 5.41) is 13.1. The topological polar surface area (TPSA) is 55.1 Å². The highest BCUT2D eigenvalue weighted by Crippen LogP contribution is 2.24. The van der Waals surface area contributed by atoms with Crippen molar-refractivity contribution in [2.24, 2.45) is 7.05 Å². The summed E-state index contributed by atoms with van der Waals surface area (Å²) in [5.41, 5.74) is 2.45. The SMILES string of the molecule is Cn1nc(Cl)c(-c2ccc(CCCO)cc2)cc1=O. The van der Waals surface area contributed by atoms with Gasteiger partial charge in [0.25, 0.3) is 5.56 Å². The van der Waals surface area contributed by atoms with Crippen LogP contribution in [0.4, 0.5) is 0 Å². The van der Waals surface area contributed by atoms with Gasteiger partial charge >= 0.3 is 0 Å². The Hall–Kier alpha value is -1.65. The van der Waals surface area contributed by atoms with Crippen molar-refractivity contribution in [3.63, 3.8) is 0 Å². The van der Waals surface area contributed by atoms with Gasteiger partial charge < -0.3 is 5.11 Å². The van der Waals surface area contributed by atoms with Crippen molar-refractivity contribution in [3.8, 4) is 11.1 Å². The maximum atomic E-state index is 11.6. The minimum absolute atomic E-state index is 0.187. The third-order valence-corrected chi connectivity index (χ3v) is 3.21. The van der Waals surface area contributed by atoms with E-state index in [1.165, 1.54) is 10.7 Å². The molecule has 0 radical (unpaired) electrons. The van der Waals surface area contributed by atoms with Crippen molar-refractivity contribution in [2.45, 2.75) is 12.8 Å². The molecule has 0 saturated heterocycles. The van der Waals surface area contributed by atoms with E-state index in [1.807, 2.05) is 24.3 Å². The Balaban J connectivity index is 2.32. The number of halogens is 1. The van der Waals surface area contributed by atoms with Crippen LogP contribution in [-0.2, 0) is 13.5 Å². The molecule has 100 valence electrons. The summed E-state index contributed by atoms with van der Waals surface area (Å²) >= 11 is 6.06. The number of rotatable bonds is 4. The van der Waals surface area contributed by atoms with Gasteiger partial charge in [0.2, 0.25) is 0 Å². The van der Waals surface area contributed by atoms with Gasteiger partial charge in [-0.2, -0.15) is 5.10 Å². The summed E-state index contributed by atoms with van der Waals surface area (Å²) in [6.07, 6.45) is 1.58. The van der Waals surface area contributed by atoms with E-state index >= 15 is 0 Å². The van der Waals surface area contributed by atoms with E-state index in [0.29, 0.717) is 10.7 Å². The molecular formula is C14H15ClN2O2. The minimum Gasteiger partial charge on any atom is -0.396 e. The summed E-state index contributed by atoms with van der Waals surface area (Å²) in [6, 6.07) is 9.25. The highest BCUT2D eigenvalue weighted by Gasteiger charge is 2.07. The van der Waals surface area contributed by atoms with E-state index in [1.54, 1.807) is 7.05 Å². The molecule has 2 aromatic rings. The zero-order valence-electron chi connectivity index (χ0n) is 10.6. The molecule has 0 saturated carbocycles. The largest absolute Gasteiger partial charge is 0.396 e. The fraction of sp³-hybridized carbons (Fsp3) is 0.286. The summed E-state index contributed by atoms with van der Waals surface area (Å²) < 4.78 is 1.21. The number of aromatic nitrogens is 2. The number of aryl methyl sites for hydroxylation is 2. The second-order valence-corrected chi connectivity index (χ2v) is 4.69. The first-order valence-corrected chi connectivity index (χ1v) is 6.43. The van der Waals surface area contributed by atoms with E-state index in [2.05, 4.69) is 5.10 Å². The highest BCUT2D eigenvalue weighted by molar-refractivity contribution is 6.32. The lowest BCUT2D eigenvalue weighted by Gasteiger charge is -2.06. The highest BCUT2D eigenvalue weighted by atomic mass is 35.5. The molecule has 0 spiro atoms. The predicted octanol–water partition coefficient (Wildman–Crippen LogP) is 2.03. The van der Waals surface area contributed by atoms with Crippen molar-refractivity contribution < 1.29 is 5.11 Å². The van der Waals surface area contributed by atoms with Crippen LogP contribution in [0.25, 0.3) is 11.1 Å². The number of aliphatic hydroxyl groups excluding tert-OH is 1. The molecule has 0 amide bonds. The summed E-state index contributed by atoms with van der Waals surface area (Å²) in [4.78, 5) is 11.6. The van der Waals surface area contributed by atoms with Crippen molar-refractivity contribution in [1.82, 2.24) is 9.78 Å². The molecule has 5 heteroatoms. The van der Waals surface area contributed by atoms with Crippen molar-refractivity contribution in [3.05, 3.63) is 51.4 Å². The third kappa shape index (κ3) is 3.22. The molecule has 1 heterocycles. The number of hydrogen-bond acceptors (Lipinski definition) is 3. The van der Waals surface area contributed by atoms with Gasteiger partial charge in [-0.05, 0) is 24.0 Å². The Morgan fingerprint density at radius 1 is 1.32 bits per heavy atom. The van der Waals surface area contributed by atoms with Crippen LogP contribution in [0, 0.1) is 0 Å². The van der Waals surface area contributed by atoms with Crippen molar-refractivity contribution in [1.29, 1.82) is 0 Å². The van der Waals surface area contributed by atoms with Gasteiger partial charge in [0.15, 0.2) is 5.15 Å². The summed E-state index contributed by atoms with van der Waals surface area (Å²) in [6.45, 7) is 0.187. The Morgan fingerprint density at radius 2 is 2.00 bits per heavy atom. The quantitative estimate of drug-likeness (QED) is 0.931. The van der Waals surface area contributed by atoms with Crippen molar-refractivity contribution in [2.75, 3.05) is 6.61 Å². The maximum Gasteiger partial charge on any atom is 0.267 e. The Labute approximate surface area is 116 Å². The van der Waals surface area contributed by atoms with E-state index in [0.717, 1.165) is 24.0 Å². The first-order valence-electron chi connectivity index (χ1n) is 6.06. The van der Waals surface area contributed by atoms with Crippen LogP contribution in [0.3, 0.4) is 0 Å². The average molecular weight is 279 g/mol. The normalized spacial score (nSPS) is 10.7. The van der Waals surface area contributed by atoms with Crippen molar-refractivity contribution >= 4 is 11.6 Å². The number of aliphatic hydroxyl groups is 1. The first-order chi connectivity index (χ1) is 9.11. The predicted molar refractivity (Wildman–Crippen MR) is 75.3 cm³/mol. The lowest BCUT2D eigenvalue weighted by atomic mass is 10.0. The van der Waals surface area contributed by atoms with Crippen LogP contribution in [0.15, 0.2) is 35.1 Å². The number of hydrogen-bond donors (Lipinski definition) is 1. The molecular weight excluding hydrogens is 264 g/mol. The van der Waals surface area contributed by atoms with E-state index < -0.39 is 0 Å².